The molecule has 2 aliphatic rings. The van der Waals surface area contributed by atoms with Crippen LogP contribution in [0.25, 0.3) is 10.2 Å². The van der Waals surface area contributed by atoms with Gasteiger partial charge in [0.1, 0.15) is 17.0 Å². The van der Waals surface area contributed by atoms with Gasteiger partial charge in [-0.3, -0.25) is 9.88 Å². The smallest absolute Gasteiger partial charge is 0.141 e. The molecule has 5 rings (SSSR count). The van der Waals surface area contributed by atoms with E-state index in [4.69, 9.17) is 0 Å². The lowest BCUT2D eigenvalue weighted by atomic mass is 10.0. The highest BCUT2D eigenvalue weighted by Crippen LogP contribution is 2.39. The molecule has 5 nitrogen and oxygen atoms in total. The minimum Gasteiger partial charge on any atom is -0.356 e. The molecule has 3 aromatic rings. The quantitative estimate of drug-likeness (QED) is 0.725. The molecule has 2 aliphatic heterocycles. The van der Waals surface area contributed by atoms with Crippen LogP contribution >= 0.6 is 11.3 Å². The van der Waals surface area contributed by atoms with Gasteiger partial charge in [-0.05, 0) is 42.5 Å². The van der Waals surface area contributed by atoms with Gasteiger partial charge < -0.3 is 4.90 Å². The summed E-state index contributed by atoms with van der Waals surface area (Å²) in [5.74, 6) is 1.17. The molecule has 0 bridgehead atoms. The largest absolute Gasteiger partial charge is 0.356 e. The van der Waals surface area contributed by atoms with Crippen LogP contribution in [-0.4, -0.2) is 39.5 Å². The number of rotatable bonds is 3. The summed E-state index contributed by atoms with van der Waals surface area (Å²) in [6.45, 7) is 5.35. The van der Waals surface area contributed by atoms with Crippen molar-refractivity contribution >= 4 is 27.4 Å². The number of thiophene rings is 1. The van der Waals surface area contributed by atoms with Crippen LogP contribution in [-0.2, 0) is 19.5 Å². The molecule has 0 aromatic carbocycles. The van der Waals surface area contributed by atoms with Crippen LogP contribution in [0, 0.1) is 0 Å². The van der Waals surface area contributed by atoms with E-state index in [1.165, 1.54) is 40.0 Å². The van der Waals surface area contributed by atoms with E-state index in [2.05, 4.69) is 36.9 Å². The van der Waals surface area contributed by atoms with Crippen molar-refractivity contribution in [2.45, 2.75) is 32.4 Å². The van der Waals surface area contributed by atoms with Crippen LogP contribution in [0.3, 0.4) is 0 Å². The van der Waals surface area contributed by atoms with E-state index in [9.17, 15) is 0 Å². The Kier molecular flexibility index (Phi) is 3.87. The molecular formula is C19H21N5S. The summed E-state index contributed by atoms with van der Waals surface area (Å²) in [5.41, 5.74) is 2.82. The van der Waals surface area contributed by atoms with Gasteiger partial charge in [0, 0.05) is 50.0 Å². The van der Waals surface area contributed by atoms with Crippen LogP contribution < -0.4 is 4.90 Å². The molecule has 0 N–H and O–H groups in total. The van der Waals surface area contributed by atoms with Gasteiger partial charge in [-0.25, -0.2) is 9.97 Å². The van der Waals surface area contributed by atoms with Crippen LogP contribution in [0.4, 0.5) is 5.82 Å². The molecule has 0 radical (unpaired) electrons. The predicted molar refractivity (Wildman–Crippen MR) is 101 cm³/mol. The van der Waals surface area contributed by atoms with Gasteiger partial charge in [-0.1, -0.05) is 0 Å². The summed E-state index contributed by atoms with van der Waals surface area (Å²) in [7, 11) is 0. The third-order valence-corrected chi connectivity index (χ3v) is 6.38. The maximum absolute atomic E-state index is 4.66. The summed E-state index contributed by atoms with van der Waals surface area (Å²) in [5, 5.41) is 1.33. The molecule has 0 aliphatic carbocycles. The van der Waals surface area contributed by atoms with Crippen molar-refractivity contribution < 1.29 is 0 Å². The minimum atomic E-state index is 0.987. The Labute approximate surface area is 151 Å². The highest BCUT2D eigenvalue weighted by Gasteiger charge is 2.26. The Balaban J connectivity index is 1.46. The first-order chi connectivity index (χ1) is 12.4. The Hall–Kier alpha value is -2.05. The predicted octanol–water partition coefficient (Wildman–Crippen LogP) is 3.24. The van der Waals surface area contributed by atoms with E-state index in [1.54, 1.807) is 6.33 Å². The number of nitrogens with zero attached hydrogens (tertiary/aromatic N) is 5. The van der Waals surface area contributed by atoms with E-state index >= 15 is 0 Å². The molecular weight excluding hydrogens is 330 g/mol. The first kappa shape index (κ1) is 15.2. The fraction of sp³-hybridized carbons (Fsp3) is 0.421. The lowest BCUT2D eigenvalue weighted by molar-refractivity contribution is 0.249. The second kappa shape index (κ2) is 6.35. The Morgan fingerprint density at radius 3 is 2.72 bits per heavy atom. The Morgan fingerprint density at radius 1 is 1.04 bits per heavy atom. The van der Waals surface area contributed by atoms with E-state index in [1.807, 2.05) is 23.7 Å². The number of anilines is 1. The highest BCUT2D eigenvalue weighted by molar-refractivity contribution is 7.19. The van der Waals surface area contributed by atoms with Crippen LogP contribution in [0.5, 0.6) is 0 Å². The van der Waals surface area contributed by atoms with Gasteiger partial charge in [0.05, 0.1) is 5.39 Å². The zero-order chi connectivity index (χ0) is 16.6. The third-order valence-electron chi connectivity index (χ3n) is 5.26. The lowest BCUT2D eigenvalue weighted by Gasteiger charge is -2.27. The zero-order valence-electron chi connectivity index (χ0n) is 14.2. The fourth-order valence-corrected chi connectivity index (χ4v) is 5.24. The summed E-state index contributed by atoms with van der Waals surface area (Å²) in [6, 6.07) is 4.22. The summed E-state index contributed by atoms with van der Waals surface area (Å²) >= 11 is 1.86. The molecule has 0 spiro atoms. The second-order valence-electron chi connectivity index (χ2n) is 6.89. The average Bonchev–Trinajstić information content (AvgIpc) is 3.29. The van der Waals surface area contributed by atoms with Gasteiger partial charge >= 0.3 is 0 Å². The van der Waals surface area contributed by atoms with Crippen molar-refractivity contribution in [3.8, 4) is 0 Å². The molecule has 128 valence electrons. The minimum absolute atomic E-state index is 0.987. The van der Waals surface area contributed by atoms with E-state index < -0.39 is 0 Å². The molecule has 6 heteroatoms. The van der Waals surface area contributed by atoms with Crippen molar-refractivity contribution in [3.05, 3.63) is 46.9 Å². The van der Waals surface area contributed by atoms with Gasteiger partial charge in [0.15, 0.2) is 0 Å². The van der Waals surface area contributed by atoms with Crippen LogP contribution in [0.2, 0.25) is 0 Å². The standard InChI is InChI=1S/C19H21N5S/c1-2-9-24(8-1)18-17-15-5-10-23(11-14-3-6-20-7-4-14)12-16(15)25-19(17)22-13-21-18/h3-4,6-7,13H,1-2,5,8-12H2. The van der Waals surface area contributed by atoms with Gasteiger partial charge in [-0.15, -0.1) is 11.3 Å². The van der Waals surface area contributed by atoms with Crippen molar-refractivity contribution in [1.82, 2.24) is 19.9 Å². The number of pyridine rings is 1. The Bertz CT molecular complexity index is 885. The number of hydrogen-bond acceptors (Lipinski definition) is 6. The Morgan fingerprint density at radius 2 is 1.88 bits per heavy atom. The number of hydrogen-bond donors (Lipinski definition) is 0. The molecule has 3 aromatic heterocycles. The molecule has 0 amide bonds. The normalized spacial score (nSPS) is 18.0. The molecule has 5 heterocycles. The lowest BCUT2D eigenvalue weighted by Crippen LogP contribution is -2.29. The van der Waals surface area contributed by atoms with Gasteiger partial charge in [0.25, 0.3) is 0 Å². The average molecular weight is 351 g/mol. The number of fused-ring (bicyclic) bond motifs is 3. The van der Waals surface area contributed by atoms with Crippen LogP contribution in [0.1, 0.15) is 28.8 Å². The molecule has 0 atom stereocenters. The summed E-state index contributed by atoms with van der Waals surface area (Å²) < 4.78 is 0. The fourth-order valence-electron chi connectivity index (χ4n) is 4.01. The van der Waals surface area contributed by atoms with Gasteiger partial charge in [-0.2, -0.15) is 0 Å². The second-order valence-corrected chi connectivity index (χ2v) is 7.98. The first-order valence-corrected chi connectivity index (χ1v) is 9.81. The SMILES string of the molecule is c1cc(CN2CCc3c(sc4ncnc(N5CCCC5)c34)C2)ccn1. The zero-order valence-corrected chi connectivity index (χ0v) is 15.0. The third kappa shape index (κ3) is 2.79. The molecule has 0 saturated carbocycles. The molecule has 1 saturated heterocycles. The van der Waals surface area contributed by atoms with Crippen molar-refractivity contribution in [2.75, 3.05) is 24.5 Å². The van der Waals surface area contributed by atoms with Crippen molar-refractivity contribution in [2.24, 2.45) is 0 Å². The highest BCUT2D eigenvalue weighted by atomic mass is 32.1. The topological polar surface area (TPSA) is 45.2 Å². The number of aromatic nitrogens is 3. The van der Waals surface area contributed by atoms with Crippen molar-refractivity contribution in [1.29, 1.82) is 0 Å². The van der Waals surface area contributed by atoms with Gasteiger partial charge in [0.2, 0.25) is 0 Å². The monoisotopic (exact) mass is 351 g/mol. The summed E-state index contributed by atoms with van der Waals surface area (Å²) in [6.07, 6.45) is 9.14. The van der Waals surface area contributed by atoms with E-state index in [-0.39, 0.29) is 0 Å². The van der Waals surface area contributed by atoms with E-state index in [0.717, 1.165) is 44.0 Å². The van der Waals surface area contributed by atoms with Crippen LogP contribution in [0.15, 0.2) is 30.9 Å². The maximum Gasteiger partial charge on any atom is 0.141 e. The molecule has 0 unspecified atom stereocenters. The van der Waals surface area contributed by atoms with Crippen molar-refractivity contribution in [3.63, 3.8) is 0 Å². The summed E-state index contributed by atoms with van der Waals surface area (Å²) in [4.78, 5) is 20.9. The maximum atomic E-state index is 4.66. The molecule has 25 heavy (non-hydrogen) atoms. The molecule has 1 fully saturated rings. The van der Waals surface area contributed by atoms with E-state index in [0.29, 0.717) is 0 Å². The first-order valence-electron chi connectivity index (χ1n) is 9.00.